The Kier molecular flexibility index (Phi) is 4.76. The first kappa shape index (κ1) is 14.7. The van der Waals surface area contributed by atoms with Gasteiger partial charge in [-0.1, -0.05) is 23.2 Å². The molecule has 0 spiro atoms. The van der Waals surface area contributed by atoms with E-state index < -0.39 is 10.0 Å². The predicted octanol–water partition coefficient (Wildman–Crippen LogP) is 3.98. The van der Waals surface area contributed by atoms with Crippen molar-refractivity contribution in [3.63, 3.8) is 0 Å². The average Bonchev–Trinajstić information content (AvgIpc) is 2.39. The molecule has 100 valence electrons. The van der Waals surface area contributed by atoms with Gasteiger partial charge in [0, 0.05) is 14.9 Å². The summed E-state index contributed by atoms with van der Waals surface area (Å²) in [6.45, 7) is 0. The molecule has 0 unspecified atom stereocenters. The van der Waals surface area contributed by atoms with Crippen LogP contribution < -0.4 is 4.13 Å². The molecule has 0 atom stereocenters. The Morgan fingerprint density at radius 3 is 1.84 bits per heavy atom. The molecule has 2 aromatic carbocycles. The summed E-state index contributed by atoms with van der Waals surface area (Å²) in [4.78, 5) is 0.917. The van der Waals surface area contributed by atoms with Crippen LogP contribution in [0.5, 0.6) is 0 Å². The maximum absolute atomic E-state index is 12.0. The van der Waals surface area contributed by atoms with Crippen molar-refractivity contribution in [2.24, 2.45) is 0 Å². The molecule has 0 heterocycles. The average molecular weight is 334 g/mol. The van der Waals surface area contributed by atoms with Crippen molar-refractivity contribution < 1.29 is 8.42 Å². The normalized spacial score (nSPS) is 11.5. The summed E-state index contributed by atoms with van der Waals surface area (Å²) in [5, 5.41) is 1.09. The van der Waals surface area contributed by atoms with Gasteiger partial charge in [0.05, 0.1) is 4.90 Å². The van der Waals surface area contributed by atoms with Crippen molar-refractivity contribution in [3.8, 4) is 0 Å². The van der Waals surface area contributed by atoms with Crippen molar-refractivity contribution in [3.05, 3.63) is 58.6 Å². The van der Waals surface area contributed by atoms with Gasteiger partial charge in [-0.05, 0) is 60.5 Å². The highest BCUT2D eigenvalue weighted by Crippen LogP contribution is 2.21. The van der Waals surface area contributed by atoms with Gasteiger partial charge < -0.3 is 0 Å². The van der Waals surface area contributed by atoms with Gasteiger partial charge in [0.25, 0.3) is 0 Å². The molecule has 0 aliphatic carbocycles. The van der Waals surface area contributed by atoms with Gasteiger partial charge in [-0.15, -0.1) is 4.13 Å². The lowest BCUT2D eigenvalue weighted by molar-refractivity contribution is 0.594. The Balaban J connectivity index is 2.09. The molecule has 19 heavy (non-hydrogen) atoms. The predicted molar refractivity (Wildman–Crippen MR) is 79.1 cm³/mol. The molecule has 0 saturated heterocycles. The summed E-state index contributed by atoms with van der Waals surface area (Å²) in [6, 6.07) is 12.8. The minimum Gasteiger partial charge on any atom is -0.206 e. The van der Waals surface area contributed by atoms with E-state index in [1.165, 1.54) is 24.3 Å². The third kappa shape index (κ3) is 4.12. The number of nitrogens with one attached hydrogen (secondary N) is 1. The Morgan fingerprint density at radius 2 is 1.32 bits per heavy atom. The maximum atomic E-state index is 12.0. The minimum atomic E-state index is -3.56. The molecule has 0 fully saturated rings. The Labute approximate surface area is 126 Å². The minimum absolute atomic E-state index is 0.165. The molecule has 1 N–H and O–H groups in total. The summed E-state index contributed by atoms with van der Waals surface area (Å²) >= 11 is 12.5. The first-order valence-electron chi connectivity index (χ1n) is 5.17. The molecule has 0 radical (unpaired) electrons. The standard InChI is InChI=1S/C12H9Cl2NO2S2/c13-9-1-5-11(6-2-9)18-15-19(16,17)12-7-3-10(14)4-8-12/h1-8,15H. The molecule has 0 aliphatic rings. The van der Waals surface area contributed by atoms with Gasteiger partial charge in [0.1, 0.15) is 0 Å². The summed E-state index contributed by atoms with van der Waals surface area (Å²) in [5.74, 6) is 0. The molecule has 0 bridgehead atoms. The quantitative estimate of drug-likeness (QED) is 0.861. The molecule has 2 aromatic rings. The maximum Gasteiger partial charge on any atom is 0.250 e. The van der Waals surface area contributed by atoms with E-state index >= 15 is 0 Å². The van der Waals surface area contributed by atoms with Crippen LogP contribution >= 0.6 is 35.1 Å². The largest absolute Gasteiger partial charge is 0.250 e. The van der Waals surface area contributed by atoms with Crippen molar-refractivity contribution in [2.45, 2.75) is 9.79 Å². The molecular formula is C12H9Cl2NO2S2. The van der Waals surface area contributed by atoms with Crippen molar-refractivity contribution >= 4 is 45.2 Å². The van der Waals surface area contributed by atoms with Crippen molar-refractivity contribution in [1.29, 1.82) is 0 Å². The van der Waals surface area contributed by atoms with E-state index in [2.05, 4.69) is 4.13 Å². The highest BCUT2D eigenvalue weighted by Gasteiger charge is 2.13. The van der Waals surface area contributed by atoms with E-state index in [4.69, 9.17) is 23.2 Å². The fourth-order valence-corrected chi connectivity index (χ4v) is 3.49. The molecule has 2 rings (SSSR count). The zero-order chi connectivity index (χ0) is 13.9. The van der Waals surface area contributed by atoms with Crippen LogP contribution in [-0.4, -0.2) is 8.42 Å². The highest BCUT2D eigenvalue weighted by molar-refractivity contribution is 8.09. The van der Waals surface area contributed by atoms with Crippen LogP contribution in [0.15, 0.2) is 58.3 Å². The number of benzene rings is 2. The fraction of sp³-hybridized carbons (Fsp3) is 0. The summed E-state index contributed by atoms with van der Waals surface area (Å²) in [7, 11) is -3.56. The molecule has 0 saturated carbocycles. The van der Waals surface area contributed by atoms with Crippen LogP contribution in [-0.2, 0) is 10.0 Å². The molecular weight excluding hydrogens is 325 g/mol. The van der Waals surface area contributed by atoms with Crippen LogP contribution in [0.25, 0.3) is 0 Å². The Hall–Kier alpha value is -0.720. The summed E-state index contributed by atoms with van der Waals surface area (Å²) in [6.07, 6.45) is 0. The van der Waals surface area contributed by atoms with Crippen LogP contribution in [0.4, 0.5) is 0 Å². The van der Waals surface area contributed by atoms with Crippen LogP contribution in [0.3, 0.4) is 0 Å². The third-order valence-electron chi connectivity index (χ3n) is 2.21. The van der Waals surface area contributed by atoms with Gasteiger partial charge in [0.15, 0.2) is 0 Å². The number of rotatable bonds is 4. The Morgan fingerprint density at radius 1 is 0.842 bits per heavy atom. The van der Waals surface area contributed by atoms with Crippen LogP contribution in [0, 0.1) is 0 Å². The number of hydrogen-bond donors (Lipinski definition) is 1. The topological polar surface area (TPSA) is 46.2 Å². The summed E-state index contributed by atoms with van der Waals surface area (Å²) in [5.41, 5.74) is 0. The lowest BCUT2D eigenvalue weighted by atomic mass is 10.4. The van der Waals surface area contributed by atoms with E-state index in [1.807, 2.05) is 0 Å². The van der Waals surface area contributed by atoms with E-state index in [0.717, 1.165) is 16.8 Å². The SMILES string of the molecule is O=S(=O)(NSc1ccc(Cl)cc1)c1ccc(Cl)cc1. The molecule has 0 aromatic heterocycles. The first-order chi connectivity index (χ1) is 8.97. The van der Waals surface area contributed by atoms with Crippen LogP contribution in [0.1, 0.15) is 0 Å². The van der Waals surface area contributed by atoms with Gasteiger partial charge in [-0.3, -0.25) is 0 Å². The lowest BCUT2D eigenvalue weighted by Crippen LogP contribution is -2.16. The van der Waals surface area contributed by atoms with Gasteiger partial charge in [-0.2, -0.15) is 0 Å². The van der Waals surface area contributed by atoms with E-state index in [0.29, 0.717) is 10.0 Å². The molecule has 0 amide bonds. The monoisotopic (exact) mass is 333 g/mol. The molecule has 7 heteroatoms. The second-order valence-electron chi connectivity index (χ2n) is 3.60. The van der Waals surface area contributed by atoms with E-state index in [-0.39, 0.29) is 4.90 Å². The molecule has 0 aliphatic heterocycles. The first-order valence-corrected chi connectivity index (χ1v) is 8.23. The fourth-order valence-electron chi connectivity index (χ4n) is 1.27. The highest BCUT2D eigenvalue weighted by atomic mass is 35.5. The number of hydrogen-bond acceptors (Lipinski definition) is 3. The van der Waals surface area contributed by atoms with Crippen molar-refractivity contribution in [2.75, 3.05) is 0 Å². The number of sulfonamides is 1. The summed E-state index contributed by atoms with van der Waals surface area (Å²) < 4.78 is 26.4. The van der Waals surface area contributed by atoms with E-state index in [1.54, 1.807) is 24.3 Å². The van der Waals surface area contributed by atoms with Gasteiger partial charge in [0.2, 0.25) is 10.0 Å². The van der Waals surface area contributed by atoms with E-state index in [9.17, 15) is 8.42 Å². The number of halogens is 2. The smallest absolute Gasteiger partial charge is 0.206 e. The molecule has 3 nitrogen and oxygen atoms in total. The van der Waals surface area contributed by atoms with Crippen LogP contribution in [0.2, 0.25) is 10.0 Å². The zero-order valence-corrected chi connectivity index (χ0v) is 12.7. The Bertz CT molecular complexity index is 655. The second-order valence-corrected chi connectivity index (χ2v) is 7.29. The second kappa shape index (κ2) is 6.15. The van der Waals surface area contributed by atoms with Crippen molar-refractivity contribution in [1.82, 2.24) is 4.13 Å². The zero-order valence-electron chi connectivity index (χ0n) is 9.51. The van der Waals surface area contributed by atoms with Gasteiger partial charge >= 0.3 is 0 Å². The van der Waals surface area contributed by atoms with Gasteiger partial charge in [-0.25, -0.2) is 8.42 Å². The third-order valence-corrected chi connectivity index (χ3v) is 5.32. The lowest BCUT2D eigenvalue weighted by Gasteiger charge is -2.06.